The van der Waals surface area contributed by atoms with E-state index in [4.69, 9.17) is 9.78 Å². The van der Waals surface area contributed by atoms with Crippen LogP contribution < -0.4 is 0 Å². The van der Waals surface area contributed by atoms with Crippen molar-refractivity contribution in [1.82, 2.24) is 4.57 Å². The number of fused-ring (bicyclic) bond motifs is 3. The van der Waals surface area contributed by atoms with Gasteiger partial charge < -0.3 is 4.57 Å². The lowest BCUT2D eigenvalue weighted by atomic mass is 10.1. The minimum Gasteiger partial charge on any atom is -0.337 e. The molecule has 0 radical (unpaired) electrons. The van der Waals surface area contributed by atoms with Crippen LogP contribution in [0.25, 0.3) is 21.8 Å². The average molecular weight is 483 g/mol. The Morgan fingerprint density at radius 3 is 1.96 bits per heavy atom. The molecule has 0 N–H and O–H groups in total. The molecular weight excluding hydrogens is 458 g/mol. The van der Waals surface area contributed by atoms with E-state index in [1.807, 2.05) is 20.8 Å². The van der Waals surface area contributed by atoms with E-state index in [0.717, 1.165) is 21.8 Å². The van der Waals surface area contributed by atoms with Gasteiger partial charge >= 0.3 is 0 Å². The van der Waals surface area contributed by atoms with Gasteiger partial charge in [-0.05, 0) is 57.9 Å². The van der Waals surface area contributed by atoms with Crippen molar-refractivity contribution in [3.05, 3.63) is 45.3 Å². The molecule has 3 rings (SSSR count). The highest BCUT2D eigenvalue weighted by Gasteiger charge is 2.19. The smallest absolute Gasteiger partial charge is 0.0952 e. The molecule has 2 aromatic carbocycles. The van der Waals surface area contributed by atoms with Gasteiger partial charge in [0.2, 0.25) is 0 Å². The summed E-state index contributed by atoms with van der Waals surface area (Å²) < 4.78 is 4.63. The number of nitrogens with zero attached hydrogens (tertiary/aromatic N) is 1. The van der Waals surface area contributed by atoms with Gasteiger partial charge in [-0.15, -0.1) is 0 Å². The monoisotopic (exact) mass is 481 g/mol. The van der Waals surface area contributed by atoms with E-state index < -0.39 is 0 Å². The summed E-state index contributed by atoms with van der Waals surface area (Å²) >= 11 is 7.26. The minimum atomic E-state index is -0.287. The molecule has 0 aliphatic heterocycles. The standard InChI is InChI=1S/C21H25Br2NO2/c1-5-16(10-11-25-26-21(2,3)4)24-19-12-14(22)6-8-17(19)18-9-7-15(23)13-20(18)24/h6-9,12-13,16H,5,10-11H2,1-4H3. The van der Waals surface area contributed by atoms with Gasteiger partial charge in [-0.3, -0.25) is 0 Å². The van der Waals surface area contributed by atoms with E-state index in [0.29, 0.717) is 12.6 Å². The van der Waals surface area contributed by atoms with Crippen LogP contribution in [0.1, 0.15) is 46.6 Å². The third-order valence-electron chi connectivity index (χ3n) is 4.41. The fraction of sp³-hybridized carbons (Fsp3) is 0.429. The molecule has 1 atom stereocenters. The Morgan fingerprint density at radius 1 is 0.962 bits per heavy atom. The third-order valence-corrected chi connectivity index (χ3v) is 5.40. The van der Waals surface area contributed by atoms with Gasteiger partial charge in [-0.25, -0.2) is 9.78 Å². The highest BCUT2D eigenvalue weighted by molar-refractivity contribution is 9.10. The molecule has 140 valence electrons. The van der Waals surface area contributed by atoms with Gasteiger partial charge in [0, 0.05) is 25.8 Å². The Hall–Kier alpha value is -0.880. The Kier molecular flexibility index (Phi) is 6.12. The van der Waals surface area contributed by atoms with Crippen LogP contribution in [0.2, 0.25) is 0 Å². The molecule has 0 aliphatic carbocycles. The summed E-state index contributed by atoms with van der Waals surface area (Å²) in [6.07, 6.45) is 1.92. The van der Waals surface area contributed by atoms with Gasteiger partial charge in [0.15, 0.2) is 0 Å². The van der Waals surface area contributed by atoms with Crippen LogP contribution in [0.5, 0.6) is 0 Å². The van der Waals surface area contributed by atoms with E-state index in [9.17, 15) is 0 Å². The first-order valence-electron chi connectivity index (χ1n) is 8.99. The molecule has 0 aliphatic rings. The largest absolute Gasteiger partial charge is 0.337 e. The molecule has 0 saturated carbocycles. The summed E-state index contributed by atoms with van der Waals surface area (Å²) in [4.78, 5) is 10.9. The third kappa shape index (κ3) is 4.33. The Morgan fingerprint density at radius 2 is 1.50 bits per heavy atom. The summed E-state index contributed by atoms with van der Waals surface area (Å²) in [5.41, 5.74) is 2.21. The summed E-state index contributed by atoms with van der Waals surface area (Å²) in [6, 6.07) is 13.3. The molecule has 0 saturated heterocycles. The van der Waals surface area contributed by atoms with Crippen molar-refractivity contribution in [2.24, 2.45) is 0 Å². The summed E-state index contributed by atoms with van der Waals surface area (Å²) in [7, 11) is 0. The molecule has 5 heteroatoms. The zero-order valence-electron chi connectivity index (χ0n) is 15.7. The number of aromatic nitrogens is 1. The summed E-state index contributed by atoms with van der Waals surface area (Å²) in [6.45, 7) is 8.77. The van der Waals surface area contributed by atoms with Gasteiger partial charge in [-0.1, -0.05) is 50.9 Å². The second-order valence-corrected chi connectivity index (χ2v) is 9.39. The summed E-state index contributed by atoms with van der Waals surface area (Å²) in [5.74, 6) is 0. The lowest BCUT2D eigenvalue weighted by Gasteiger charge is -2.22. The number of hydrogen-bond acceptors (Lipinski definition) is 2. The van der Waals surface area contributed by atoms with Crippen molar-refractivity contribution in [1.29, 1.82) is 0 Å². The molecule has 1 heterocycles. The van der Waals surface area contributed by atoms with Crippen LogP contribution >= 0.6 is 31.9 Å². The fourth-order valence-corrected chi connectivity index (χ4v) is 4.00. The van der Waals surface area contributed by atoms with E-state index in [2.05, 4.69) is 79.7 Å². The molecule has 0 amide bonds. The van der Waals surface area contributed by atoms with Crippen LogP contribution in [-0.4, -0.2) is 16.8 Å². The fourth-order valence-electron chi connectivity index (χ4n) is 3.31. The molecule has 0 fully saturated rings. The quantitative estimate of drug-likeness (QED) is 0.207. The van der Waals surface area contributed by atoms with Crippen LogP contribution in [0.3, 0.4) is 0 Å². The highest BCUT2D eigenvalue weighted by atomic mass is 79.9. The Bertz CT molecular complexity index is 852. The number of rotatable bonds is 6. The molecule has 0 bridgehead atoms. The van der Waals surface area contributed by atoms with E-state index in [-0.39, 0.29) is 5.60 Å². The first kappa shape index (κ1) is 19.9. The molecule has 3 aromatic rings. The molecule has 0 spiro atoms. The molecule has 1 aromatic heterocycles. The van der Waals surface area contributed by atoms with Crippen molar-refractivity contribution < 1.29 is 9.78 Å². The molecule has 1 unspecified atom stereocenters. The average Bonchev–Trinajstić information content (AvgIpc) is 2.87. The zero-order chi connectivity index (χ0) is 18.9. The van der Waals surface area contributed by atoms with Crippen LogP contribution in [0, 0.1) is 0 Å². The SMILES string of the molecule is CCC(CCOOC(C)(C)C)n1c2cc(Br)ccc2c2ccc(Br)cc21. The predicted octanol–water partition coefficient (Wildman–Crippen LogP) is 7.41. The highest BCUT2D eigenvalue weighted by Crippen LogP contribution is 2.36. The predicted molar refractivity (Wildman–Crippen MR) is 116 cm³/mol. The zero-order valence-corrected chi connectivity index (χ0v) is 18.9. The number of hydrogen-bond donors (Lipinski definition) is 0. The molecular formula is C21H25Br2NO2. The topological polar surface area (TPSA) is 23.4 Å². The van der Waals surface area contributed by atoms with Crippen molar-refractivity contribution in [2.75, 3.05) is 6.61 Å². The van der Waals surface area contributed by atoms with Gasteiger partial charge in [-0.2, -0.15) is 0 Å². The Balaban J connectivity index is 1.99. The second kappa shape index (κ2) is 8.01. The Labute approximate surface area is 171 Å². The van der Waals surface area contributed by atoms with Gasteiger partial charge in [0.25, 0.3) is 0 Å². The molecule has 3 nitrogen and oxygen atoms in total. The van der Waals surface area contributed by atoms with E-state index in [1.54, 1.807) is 0 Å². The molecule has 26 heavy (non-hydrogen) atoms. The first-order valence-corrected chi connectivity index (χ1v) is 10.6. The van der Waals surface area contributed by atoms with Crippen molar-refractivity contribution >= 4 is 53.7 Å². The lowest BCUT2D eigenvalue weighted by Crippen LogP contribution is -2.20. The normalized spacial score (nSPS) is 13.6. The maximum Gasteiger partial charge on any atom is 0.0952 e. The number of halogens is 2. The first-order chi connectivity index (χ1) is 12.3. The van der Waals surface area contributed by atoms with Gasteiger partial charge in [0.05, 0.1) is 23.2 Å². The van der Waals surface area contributed by atoms with Crippen LogP contribution in [0.15, 0.2) is 45.3 Å². The maximum absolute atomic E-state index is 5.47. The van der Waals surface area contributed by atoms with Gasteiger partial charge in [0.1, 0.15) is 0 Å². The minimum absolute atomic E-state index is 0.287. The van der Waals surface area contributed by atoms with E-state index >= 15 is 0 Å². The van der Waals surface area contributed by atoms with E-state index in [1.165, 1.54) is 21.8 Å². The van der Waals surface area contributed by atoms with Crippen LogP contribution in [0.4, 0.5) is 0 Å². The van der Waals surface area contributed by atoms with Crippen molar-refractivity contribution in [3.63, 3.8) is 0 Å². The van der Waals surface area contributed by atoms with Crippen molar-refractivity contribution in [3.8, 4) is 0 Å². The lowest BCUT2D eigenvalue weighted by molar-refractivity contribution is -0.349. The van der Waals surface area contributed by atoms with Crippen molar-refractivity contribution in [2.45, 2.75) is 52.2 Å². The second-order valence-electron chi connectivity index (χ2n) is 7.56. The number of benzene rings is 2. The maximum atomic E-state index is 5.47. The van der Waals surface area contributed by atoms with Crippen LogP contribution in [-0.2, 0) is 9.78 Å². The summed E-state index contributed by atoms with van der Waals surface area (Å²) in [5, 5.41) is 2.56.